The van der Waals surface area contributed by atoms with E-state index in [1.54, 1.807) is 12.1 Å². The molecule has 3 N–H and O–H groups in total. The molecule has 1 aromatic carbocycles. The molecule has 0 aliphatic carbocycles. The van der Waals surface area contributed by atoms with E-state index in [0.717, 1.165) is 31.0 Å². The summed E-state index contributed by atoms with van der Waals surface area (Å²) < 4.78 is 4.92. The molecule has 6 heteroatoms. The summed E-state index contributed by atoms with van der Waals surface area (Å²) >= 11 is 5.66. The number of esters is 1. The van der Waals surface area contributed by atoms with Crippen LogP contribution in [0.15, 0.2) is 24.3 Å². The van der Waals surface area contributed by atoms with Gasteiger partial charge in [0, 0.05) is 18.1 Å². The normalized spacial score (nSPS) is 12.0. The van der Waals surface area contributed by atoms with Crippen LogP contribution in [0.5, 0.6) is 0 Å². The number of carbonyl (C=O) groups excluding carboxylic acids is 1. The number of aliphatic hydroxyl groups is 2. The van der Waals surface area contributed by atoms with Crippen molar-refractivity contribution in [3.63, 3.8) is 0 Å². The fraction of sp³-hybridized carbons (Fsp3) is 0.667. The molecule has 154 valence electrons. The van der Waals surface area contributed by atoms with Crippen molar-refractivity contribution < 1.29 is 19.7 Å². The van der Waals surface area contributed by atoms with E-state index in [1.807, 2.05) is 12.1 Å². The molecule has 1 aromatic rings. The topological polar surface area (TPSA) is 78.8 Å². The van der Waals surface area contributed by atoms with E-state index in [-0.39, 0.29) is 6.61 Å². The second kappa shape index (κ2) is 15.7. The van der Waals surface area contributed by atoms with Gasteiger partial charge >= 0.3 is 5.97 Å². The average molecular weight is 400 g/mol. The van der Waals surface area contributed by atoms with E-state index in [0.29, 0.717) is 5.56 Å². The molecule has 0 bridgehead atoms. The van der Waals surface area contributed by atoms with Crippen LogP contribution in [0.3, 0.4) is 0 Å². The summed E-state index contributed by atoms with van der Waals surface area (Å²) in [6.07, 6.45) is 10.3. The second-order valence-corrected chi connectivity index (χ2v) is 7.19. The van der Waals surface area contributed by atoms with Crippen LogP contribution in [0, 0.1) is 0 Å². The van der Waals surface area contributed by atoms with Gasteiger partial charge in [0.2, 0.25) is 0 Å². The Labute approximate surface area is 168 Å². The molecule has 5 nitrogen and oxygen atoms in total. The molecule has 0 aromatic heterocycles. The van der Waals surface area contributed by atoms with Crippen LogP contribution in [0.25, 0.3) is 0 Å². The van der Waals surface area contributed by atoms with Gasteiger partial charge in [0.05, 0.1) is 12.2 Å². The predicted octanol–water partition coefficient (Wildman–Crippen LogP) is 4.36. The molecule has 0 aliphatic rings. The minimum absolute atomic E-state index is 0.206. The molecule has 0 saturated heterocycles. The number of alkyl halides is 1. The molecule has 1 unspecified atom stereocenters. The quantitative estimate of drug-likeness (QED) is 0.219. The summed E-state index contributed by atoms with van der Waals surface area (Å²) in [5.74, 6) is 0.283. The van der Waals surface area contributed by atoms with Crippen molar-refractivity contribution >= 4 is 23.3 Å². The zero-order valence-electron chi connectivity index (χ0n) is 16.2. The maximum Gasteiger partial charge on any atom is 0.338 e. The largest absolute Gasteiger partial charge is 0.459 e. The molecule has 0 aliphatic heterocycles. The molecule has 0 radical (unpaired) electrons. The third-order valence-corrected chi connectivity index (χ3v) is 4.64. The first kappa shape index (κ1) is 23.7. The lowest BCUT2D eigenvalue weighted by atomic mass is 10.1. The van der Waals surface area contributed by atoms with E-state index >= 15 is 0 Å². The number of nitrogens with one attached hydrogen (secondary N) is 1. The number of aliphatic hydroxyl groups excluding tert-OH is 2. The zero-order chi connectivity index (χ0) is 19.7. The highest BCUT2D eigenvalue weighted by Crippen LogP contribution is 2.13. The van der Waals surface area contributed by atoms with Crippen molar-refractivity contribution in [1.82, 2.24) is 0 Å². The fourth-order valence-corrected chi connectivity index (χ4v) is 2.91. The third-order valence-electron chi connectivity index (χ3n) is 4.38. The number of halogens is 1. The monoisotopic (exact) mass is 399 g/mol. The van der Waals surface area contributed by atoms with Gasteiger partial charge in [0.25, 0.3) is 0 Å². The van der Waals surface area contributed by atoms with Crippen LogP contribution < -0.4 is 5.32 Å². The van der Waals surface area contributed by atoms with Crippen molar-refractivity contribution in [2.24, 2.45) is 0 Å². The molecule has 0 heterocycles. The number of benzene rings is 1. The molecule has 0 amide bonds. The van der Waals surface area contributed by atoms with Gasteiger partial charge < -0.3 is 20.3 Å². The average Bonchev–Trinajstić information content (AvgIpc) is 2.70. The van der Waals surface area contributed by atoms with Crippen molar-refractivity contribution in [3.8, 4) is 0 Å². The third kappa shape index (κ3) is 11.9. The van der Waals surface area contributed by atoms with Gasteiger partial charge in [-0.05, 0) is 37.1 Å². The Morgan fingerprint density at radius 1 is 0.963 bits per heavy atom. The number of rotatable bonds is 16. The maximum atomic E-state index is 11.8. The summed E-state index contributed by atoms with van der Waals surface area (Å²) in [6, 6.07) is 7.08. The number of unbranched alkanes of at least 4 members (excludes halogenated alkanes) is 8. The number of hydrogen-bond acceptors (Lipinski definition) is 5. The highest BCUT2D eigenvalue weighted by Gasteiger charge is 2.10. The Morgan fingerprint density at radius 3 is 2.07 bits per heavy atom. The van der Waals surface area contributed by atoms with Gasteiger partial charge in [-0.1, -0.05) is 44.9 Å². The molecule has 0 spiro atoms. The van der Waals surface area contributed by atoms with Crippen molar-refractivity contribution in [2.45, 2.75) is 63.9 Å². The Bertz CT molecular complexity index is 495. The number of anilines is 1. The Morgan fingerprint density at radius 2 is 1.52 bits per heavy atom. The van der Waals surface area contributed by atoms with Crippen molar-refractivity contribution in [1.29, 1.82) is 0 Å². The van der Waals surface area contributed by atoms with Gasteiger partial charge in [-0.3, -0.25) is 0 Å². The highest BCUT2D eigenvalue weighted by molar-refractivity contribution is 6.17. The molecule has 1 rings (SSSR count). The molecule has 1 atom stereocenters. The van der Waals surface area contributed by atoms with Gasteiger partial charge in [-0.2, -0.15) is 0 Å². The molecule has 0 saturated carbocycles. The number of hydrogen-bond donors (Lipinski definition) is 3. The van der Waals surface area contributed by atoms with Crippen LogP contribution in [0.2, 0.25) is 0 Å². The van der Waals surface area contributed by atoms with Crippen LogP contribution in [0.1, 0.15) is 68.1 Å². The standard InChI is InChI=1S/C21H34ClNO4/c22-14-8-6-4-2-1-3-5-7-9-15-23-19-12-10-18(11-13-19)21(26)27-17-20(25)16-24/h10-13,20,23-25H,1-9,14-17H2. The summed E-state index contributed by atoms with van der Waals surface area (Å²) in [5.41, 5.74) is 1.40. The van der Waals surface area contributed by atoms with Crippen LogP contribution in [-0.2, 0) is 4.74 Å². The van der Waals surface area contributed by atoms with Crippen molar-refractivity contribution in [3.05, 3.63) is 29.8 Å². The minimum atomic E-state index is -1.04. The number of ether oxygens (including phenoxy) is 1. The fourth-order valence-electron chi connectivity index (χ4n) is 2.72. The Hall–Kier alpha value is -1.30. The van der Waals surface area contributed by atoms with Crippen LogP contribution >= 0.6 is 11.6 Å². The molecular weight excluding hydrogens is 366 g/mol. The van der Waals surface area contributed by atoms with Gasteiger partial charge in [-0.25, -0.2) is 4.79 Å². The smallest absolute Gasteiger partial charge is 0.338 e. The number of carbonyl (C=O) groups is 1. The lowest BCUT2D eigenvalue weighted by Gasteiger charge is -2.10. The first-order valence-electron chi connectivity index (χ1n) is 10.0. The molecule has 0 fully saturated rings. The summed E-state index contributed by atoms with van der Waals surface area (Å²) in [7, 11) is 0. The second-order valence-electron chi connectivity index (χ2n) is 6.81. The van der Waals surface area contributed by atoms with E-state index in [9.17, 15) is 9.90 Å². The van der Waals surface area contributed by atoms with E-state index in [1.165, 1.54) is 44.9 Å². The Kier molecular flexibility index (Phi) is 13.8. The predicted molar refractivity (Wildman–Crippen MR) is 111 cm³/mol. The van der Waals surface area contributed by atoms with Crippen LogP contribution in [0.4, 0.5) is 5.69 Å². The molecule has 27 heavy (non-hydrogen) atoms. The van der Waals surface area contributed by atoms with E-state index < -0.39 is 18.7 Å². The first-order valence-corrected chi connectivity index (χ1v) is 10.6. The van der Waals surface area contributed by atoms with E-state index in [4.69, 9.17) is 21.4 Å². The lowest BCUT2D eigenvalue weighted by molar-refractivity contribution is 0.00933. The van der Waals surface area contributed by atoms with E-state index in [2.05, 4.69) is 5.32 Å². The van der Waals surface area contributed by atoms with Gasteiger partial charge in [0.15, 0.2) is 0 Å². The summed E-state index contributed by atoms with van der Waals surface area (Å²) in [6.45, 7) is 0.287. The minimum Gasteiger partial charge on any atom is -0.459 e. The first-order chi connectivity index (χ1) is 13.2. The van der Waals surface area contributed by atoms with Crippen molar-refractivity contribution in [2.75, 3.05) is 31.0 Å². The van der Waals surface area contributed by atoms with Gasteiger partial charge in [0.1, 0.15) is 12.7 Å². The Balaban J connectivity index is 2.06. The molecular formula is C21H34ClNO4. The highest BCUT2D eigenvalue weighted by atomic mass is 35.5. The van der Waals surface area contributed by atoms with Gasteiger partial charge in [-0.15, -0.1) is 11.6 Å². The SMILES string of the molecule is O=C(OCC(O)CO)c1ccc(NCCCCCCCCCCCCl)cc1. The summed E-state index contributed by atoms with van der Waals surface area (Å²) in [5, 5.41) is 21.3. The van der Waals surface area contributed by atoms with Crippen LogP contribution in [-0.4, -0.2) is 47.9 Å². The maximum absolute atomic E-state index is 11.8. The lowest BCUT2D eigenvalue weighted by Crippen LogP contribution is -2.21. The summed E-state index contributed by atoms with van der Waals surface area (Å²) in [4.78, 5) is 11.8. The zero-order valence-corrected chi connectivity index (χ0v) is 16.9.